The lowest BCUT2D eigenvalue weighted by atomic mass is 10.2. The number of hydrogen-bond acceptors (Lipinski definition) is 4. The van der Waals surface area contributed by atoms with Crippen LogP contribution in [-0.4, -0.2) is 42.9 Å². The molecule has 23 heavy (non-hydrogen) atoms. The van der Waals surface area contributed by atoms with Crippen molar-refractivity contribution < 1.29 is 19.1 Å². The third-order valence-electron chi connectivity index (χ3n) is 4.22. The van der Waals surface area contributed by atoms with Crippen LogP contribution in [0, 0.1) is 0 Å². The van der Waals surface area contributed by atoms with Gasteiger partial charge in [0.15, 0.2) is 8.32 Å². The Morgan fingerprint density at radius 3 is 2.35 bits per heavy atom. The predicted molar refractivity (Wildman–Crippen MR) is 90.9 cm³/mol. The Hall–Kier alpha value is -1.73. The quantitative estimate of drug-likeness (QED) is 0.746. The number of carbonyl (C=O) groups is 2. The number of rotatable bonds is 7. The second-order valence-electron chi connectivity index (χ2n) is 7.00. The lowest BCUT2D eigenvalue weighted by Crippen LogP contribution is -2.44. The van der Waals surface area contributed by atoms with Crippen LogP contribution in [0.1, 0.15) is 37.6 Å². The number of aliphatic carboxylic acids is 1. The molecule has 1 aromatic rings. The summed E-state index contributed by atoms with van der Waals surface area (Å²) in [5, 5.41) is 11.9. The molecule has 0 unspecified atom stereocenters. The molecule has 0 aromatic carbocycles. The minimum Gasteiger partial charge on any atom is -0.480 e. The van der Waals surface area contributed by atoms with Crippen molar-refractivity contribution in [1.29, 1.82) is 0 Å². The first-order valence-electron chi connectivity index (χ1n) is 7.62. The van der Waals surface area contributed by atoms with Crippen LogP contribution in [0.15, 0.2) is 24.5 Å². The second kappa shape index (κ2) is 7.70. The zero-order chi connectivity index (χ0) is 17.7. The zero-order valence-corrected chi connectivity index (χ0v) is 15.4. The van der Waals surface area contributed by atoms with Crippen molar-refractivity contribution in [3.8, 4) is 0 Å². The van der Waals surface area contributed by atoms with Crippen LogP contribution in [0.5, 0.6) is 0 Å². The number of nitrogens with zero attached hydrogens (tertiary/aromatic N) is 1. The fraction of sp³-hybridized carbons (Fsp3) is 0.562. The van der Waals surface area contributed by atoms with E-state index in [1.54, 1.807) is 12.1 Å². The molecule has 0 radical (unpaired) electrons. The van der Waals surface area contributed by atoms with Gasteiger partial charge in [-0.15, -0.1) is 0 Å². The van der Waals surface area contributed by atoms with Gasteiger partial charge in [-0.05, 0) is 30.3 Å². The molecular formula is C16H26N2O4Si. The van der Waals surface area contributed by atoms with Crippen LogP contribution in [0.3, 0.4) is 0 Å². The van der Waals surface area contributed by atoms with Gasteiger partial charge in [-0.1, -0.05) is 20.8 Å². The van der Waals surface area contributed by atoms with Crippen LogP contribution < -0.4 is 5.32 Å². The standard InChI is InChI=1S/C16H26N2O4Si/c1-16(2,3)23(4,5)22-11-8-13(15(20)21)18-14(19)12-6-9-17-10-7-12/h6-7,9-10,13H,8,11H2,1-5H3,(H,18,19)(H,20,21)/t13-/m0/s1. The maximum absolute atomic E-state index is 12.0. The maximum Gasteiger partial charge on any atom is 0.326 e. The van der Waals surface area contributed by atoms with Crippen LogP contribution in [0.25, 0.3) is 0 Å². The van der Waals surface area contributed by atoms with Crippen LogP contribution in [0.4, 0.5) is 0 Å². The largest absolute Gasteiger partial charge is 0.480 e. The van der Waals surface area contributed by atoms with E-state index in [4.69, 9.17) is 4.43 Å². The summed E-state index contributed by atoms with van der Waals surface area (Å²) in [4.78, 5) is 27.2. The van der Waals surface area contributed by atoms with E-state index in [-0.39, 0.29) is 11.5 Å². The summed E-state index contributed by atoms with van der Waals surface area (Å²) in [6.07, 6.45) is 3.22. The van der Waals surface area contributed by atoms with E-state index in [1.807, 2.05) is 0 Å². The van der Waals surface area contributed by atoms with Gasteiger partial charge in [-0.3, -0.25) is 9.78 Å². The van der Waals surface area contributed by atoms with E-state index in [2.05, 4.69) is 44.2 Å². The minimum atomic E-state index is -1.92. The Morgan fingerprint density at radius 2 is 1.87 bits per heavy atom. The van der Waals surface area contributed by atoms with E-state index in [1.165, 1.54) is 12.4 Å². The van der Waals surface area contributed by atoms with Crippen molar-refractivity contribution in [2.75, 3.05) is 6.61 Å². The number of hydrogen-bond donors (Lipinski definition) is 2. The van der Waals surface area contributed by atoms with Gasteiger partial charge in [0.2, 0.25) is 0 Å². The molecular weight excluding hydrogens is 312 g/mol. The average molecular weight is 338 g/mol. The average Bonchev–Trinajstić information content (AvgIpc) is 2.45. The van der Waals surface area contributed by atoms with Crippen LogP contribution in [0.2, 0.25) is 18.1 Å². The zero-order valence-electron chi connectivity index (χ0n) is 14.4. The lowest BCUT2D eigenvalue weighted by Gasteiger charge is -2.36. The molecule has 1 atom stereocenters. The molecule has 0 bridgehead atoms. The molecule has 7 heteroatoms. The molecule has 0 aliphatic rings. The first kappa shape index (κ1) is 19.3. The summed E-state index contributed by atoms with van der Waals surface area (Å²) in [5.74, 6) is -1.49. The Bertz CT molecular complexity index is 541. The summed E-state index contributed by atoms with van der Waals surface area (Å²) in [6.45, 7) is 10.9. The van der Waals surface area contributed by atoms with Crippen molar-refractivity contribution in [2.45, 2.75) is 51.4 Å². The Kier molecular flexibility index (Phi) is 6.46. The first-order chi connectivity index (χ1) is 10.5. The van der Waals surface area contributed by atoms with Crippen molar-refractivity contribution >= 4 is 20.2 Å². The van der Waals surface area contributed by atoms with Crippen LogP contribution in [-0.2, 0) is 9.22 Å². The Balaban J connectivity index is 2.60. The monoisotopic (exact) mass is 338 g/mol. The number of carboxylic acids is 1. The molecule has 0 aliphatic carbocycles. The second-order valence-corrected chi connectivity index (χ2v) is 11.8. The summed E-state index contributed by atoms with van der Waals surface area (Å²) in [6, 6.07) is 2.11. The van der Waals surface area contributed by atoms with E-state index >= 15 is 0 Å². The first-order valence-corrected chi connectivity index (χ1v) is 10.5. The molecule has 0 saturated heterocycles. The van der Waals surface area contributed by atoms with Gasteiger partial charge in [-0.25, -0.2) is 4.79 Å². The minimum absolute atomic E-state index is 0.0615. The number of carbonyl (C=O) groups excluding carboxylic acids is 1. The number of nitrogens with one attached hydrogen (secondary N) is 1. The molecule has 6 nitrogen and oxygen atoms in total. The summed E-state index contributed by atoms with van der Waals surface area (Å²) < 4.78 is 5.98. The molecule has 0 spiro atoms. The van der Waals surface area contributed by atoms with E-state index in [9.17, 15) is 14.7 Å². The van der Waals surface area contributed by atoms with E-state index in [0.717, 1.165) is 0 Å². The topological polar surface area (TPSA) is 88.5 Å². The Morgan fingerprint density at radius 1 is 1.30 bits per heavy atom. The predicted octanol–water partition coefficient (Wildman–Crippen LogP) is 2.68. The molecule has 2 N–H and O–H groups in total. The molecule has 1 amide bonds. The van der Waals surface area contributed by atoms with Crippen molar-refractivity contribution in [1.82, 2.24) is 10.3 Å². The number of pyridine rings is 1. The van der Waals surface area contributed by atoms with Gasteiger partial charge in [0.25, 0.3) is 5.91 Å². The summed E-state index contributed by atoms with van der Waals surface area (Å²) in [7, 11) is -1.92. The molecule has 0 fully saturated rings. The number of aromatic nitrogens is 1. The fourth-order valence-corrected chi connectivity index (χ4v) is 2.71. The normalized spacial score (nSPS) is 13.4. The molecule has 1 rings (SSSR count). The lowest BCUT2D eigenvalue weighted by molar-refractivity contribution is -0.139. The van der Waals surface area contributed by atoms with Gasteiger partial charge in [0.05, 0.1) is 0 Å². The summed E-state index contributed by atoms with van der Waals surface area (Å²) >= 11 is 0. The fourth-order valence-electron chi connectivity index (χ4n) is 1.65. The van der Waals surface area contributed by atoms with Crippen molar-refractivity contribution in [3.63, 3.8) is 0 Å². The van der Waals surface area contributed by atoms with Crippen molar-refractivity contribution in [2.24, 2.45) is 0 Å². The van der Waals surface area contributed by atoms with Gasteiger partial charge >= 0.3 is 5.97 Å². The van der Waals surface area contributed by atoms with E-state index in [0.29, 0.717) is 12.2 Å². The van der Waals surface area contributed by atoms with Crippen LogP contribution >= 0.6 is 0 Å². The highest BCUT2D eigenvalue weighted by Crippen LogP contribution is 2.36. The molecule has 0 saturated carbocycles. The third kappa shape index (κ3) is 5.76. The number of amides is 1. The molecule has 1 heterocycles. The summed E-state index contributed by atoms with van der Waals surface area (Å²) in [5.41, 5.74) is 0.386. The van der Waals surface area contributed by atoms with Crippen molar-refractivity contribution in [3.05, 3.63) is 30.1 Å². The molecule has 128 valence electrons. The van der Waals surface area contributed by atoms with E-state index < -0.39 is 26.2 Å². The van der Waals surface area contributed by atoms with Gasteiger partial charge in [-0.2, -0.15) is 0 Å². The van der Waals surface area contributed by atoms with Gasteiger partial charge < -0.3 is 14.8 Å². The third-order valence-corrected chi connectivity index (χ3v) is 8.76. The SMILES string of the molecule is CC(C)(C)[Si](C)(C)OCC[C@H](NC(=O)c1ccncc1)C(=O)O. The maximum atomic E-state index is 12.0. The highest BCUT2D eigenvalue weighted by atomic mass is 28.4. The highest BCUT2D eigenvalue weighted by molar-refractivity contribution is 6.74. The molecule has 1 aromatic heterocycles. The highest BCUT2D eigenvalue weighted by Gasteiger charge is 2.37. The smallest absolute Gasteiger partial charge is 0.326 e. The van der Waals surface area contributed by atoms with Gasteiger partial charge in [0.1, 0.15) is 6.04 Å². The molecule has 0 aliphatic heterocycles. The van der Waals surface area contributed by atoms with Gasteiger partial charge in [0, 0.05) is 31.0 Å². The number of carboxylic acid groups (broad SMARTS) is 1. The Labute approximate surface area is 138 Å².